The number of nitro benzene ring substituents is 1. The van der Waals surface area contributed by atoms with Gasteiger partial charge in [-0.1, -0.05) is 18.2 Å². The molecule has 0 spiro atoms. The quantitative estimate of drug-likeness (QED) is 0.488. The topological polar surface area (TPSA) is 80.4 Å². The summed E-state index contributed by atoms with van der Waals surface area (Å²) in [5.41, 5.74) is -0.177. The van der Waals surface area contributed by atoms with Crippen LogP contribution in [-0.2, 0) is 4.79 Å². The maximum atomic E-state index is 10.6. The molecule has 0 heterocycles. The summed E-state index contributed by atoms with van der Waals surface area (Å²) in [6, 6.07) is 3.64. The van der Waals surface area contributed by atoms with Gasteiger partial charge in [0, 0.05) is 6.07 Å². The van der Waals surface area contributed by atoms with E-state index in [1.165, 1.54) is 12.1 Å². The van der Waals surface area contributed by atoms with Crippen LogP contribution in [0.1, 0.15) is 5.56 Å². The van der Waals surface area contributed by atoms with E-state index in [9.17, 15) is 14.9 Å². The first-order chi connectivity index (χ1) is 6.93. The van der Waals surface area contributed by atoms with Crippen molar-refractivity contribution in [3.8, 4) is 0 Å². The van der Waals surface area contributed by atoms with Crippen LogP contribution in [0.15, 0.2) is 24.8 Å². The van der Waals surface area contributed by atoms with Crippen molar-refractivity contribution in [2.24, 2.45) is 0 Å². The Balaban J connectivity index is 3.18. The van der Waals surface area contributed by atoms with Gasteiger partial charge < -0.3 is 5.11 Å². The second-order valence-electron chi connectivity index (χ2n) is 2.71. The number of aliphatic carboxylic acids is 1. The minimum Gasteiger partial charge on any atom is -0.478 e. The van der Waals surface area contributed by atoms with Gasteiger partial charge in [-0.3, -0.25) is 10.1 Å². The maximum Gasteiger partial charge on any atom is 0.335 e. The van der Waals surface area contributed by atoms with Crippen LogP contribution in [0.2, 0.25) is 5.02 Å². The summed E-state index contributed by atoms with van der Waals surface area (Å²) in [7, 11) is 0. The van der Waals surface area contributed by atoms with Gasteiger partial charge in [0.25, 0.3) is 5.69 Å². The molecule has 0 aliphatic heterocycles. The van der Waals surface area contributed by atoms with Gasteiger partial charge in [0.15, 0.2) is 0 Å². The Hall–Kier alpha value is -1.88. The van der Waals surface area contributed by atoms with Crippen LogP contribution in [0.4, 0.5) is 5.69 Å². The van der Waals surface area contributed by atoms with Crippen molar-refractivity contribution in [1.29, 1.82) is 0 Å². The molecule has 0 saturated heterocycles. The second kappa shape index (κ2) is 4.10. The molecule has 6 heteroatoms. The fourth-order valence-corrected chi connectivity index (χ4v) is 1.22. The molecule has 0 fully saturated rings. The number of carbonyl (C=O) groups is 1. The fourth-order valence-electron chi connectivity index (χ4n) is 0.966. The first kappa shape index (κ1) is 11.2. The largest absolute Gasteiger partial charge is 0.478 e. The SMILES string of the molecule is C=C(C(=O)O)c1ccc([N+](=O)[O-])c(Cl)c1. The summed E-state index contributed by atoms with van der Waals surface area (Å²) in [6.07, 6.45) is 0. The Labute approximate surface area is 89.7 Å². The number of nitro groups is 1. The Morgan fingerprint density at radius 1 is 1.53 bits per heavy atom. The van der Waals surface area contributed by atoms with Gasteiger partial charge in [-0.2, -0.15) is 0 Å². The number of carboxylic acids is 1. The summed E-state index contributed by atoms with van der Waals surface area (Å²) in [5, 5.41) is 18.9. The van der Waals surface area contributed by atoms with E-state index >= 15 is 0 Å². The molecule has 15 heavy (non-hydrogen) atoms. The molecular weight excluding hydrogens is 222 g/mol. The van der Waals surface area contributed by atoms with Crippen molar-refractivity contribution >= 4 is 28.8 Å². The monoisotopic (exact) mass is 227 g/mol. The summed E-state index contributed by atoms with van der Waals surface area (Å²) in [5.74, 6) is -1.19. The zero-order valence-corrected chi connectivity index (χ0v) is 8.19. The van der Waals surface area contributed by atoms with E-state index < -0.39 is 10.9 Å². The Kier molecular flexibility index (Phi) is 3.06. The lowest BCUT2D eigenvalue weighted by molar-refractivity contribution is -0.384. The summed E-state index contributed by atoms with van der Waals surface area (Å²) < 4.78 is 0. The van der Waals surface area contributed by atoms with E-state index in [4.69, 9.17) is 16.7 Å². The lowest BCUT2D eigenvalue weighted by Crippen LogP contribution is -1.98. The third-order valence-corrected chi connectivity index (χ3v) is 2.05. The lowest BCUT2D eigenvalue weighted by atomic mass is 10.1. The van der Waals surface area contributed by atoms with Crippen LogP contribution in [0.3, 0.4) is 0 Å². The number of nitrogens with zero attached hydrogens (tertiary/aromatic N) is 1. The van der Waals surface area contributed by atoms with Crippen molar-refractivity contribution in [2.45, 2.75) is 0 Å². The number of carboxylic acid groups (broad SMARTS) is 1. The third kappa shape index (κ3) is 2.32. The molecule has 0 radical (unpaired) electrons. The molecule has 0 aliphatic carbocycles. The van der Waals surface area contributed by atoms with Crippen LogP contribution < -0.4 is 0 Å². The smallest absolute Gasteiger partial charge is 0.335 e. The first-order valence-electron chi connectivity index (χ1n) is 3.80. The summed E-state index contributed by atoms with van der Waals surface area (Å²) >= 11 is 5.60. The molecule has 78 valence electrons. The molecular formula is C9H6ClNO4. The molecule has 0 saturated carbocycles. The van der Waals surface area contributed by atoms with Crippen molar-refractivity contribution < 1.29 is 14.8 Å². The molecule has 0 amide bonds. The van der Waals surface area contributed by atoms with Crippen LogP contribution in [0.5, 0.6) is 0 Å². The van der Waals surface area contributed by atoms with Gasteiger partial charge in [0.1, 0.15) is 5.02 Å². The molecule has 0 unspecified atom stereocenters. The van der Waals surface area contributed by atoms with Gasteiger partial charge in [0.05, 0.1) is 10.5 Å². The van der Waals surface area contributed by atoms with Crippen LogP contribution in [0, 0.1) is 10.1 Å². The summed E-state index contributed by atoms with van der Waals surface area (Å²) in [4.78, 5) is 20.3. The number of hydrogen-bond donors (Lipinski definition) is 1. The van der Waals surface area contributed by atoms with E-state index in [0.29, 0.717) is 0 Å². The number of halogens is 1. The minimum absolute atomic E-state index is 0.111. The average Bonchev–Trinajstić information content (AvgIpc) is 2.15. The highest BCUT2D eigenvalue weighted by Gasteiger charge is 2.15. The standard InChI is InChI=1S/C9H6ClNO4/c1-5(9(12)13)6-2-3-8(11(14)15)7(10)4-6/h2-4H,1H2,(H,12,13). The summed E-state index contributed by atoms with van der Waals surface area (Å²) in [6.45, 7) is 3.31. The highest BCUT2D eigenvalue weighted by Crippen LogP contribution is 2.27. The highest BCUT2D eigenvalue weighted by atomic mass is 35.5. The normalized spacial score (nSPS) is 9.67. The average molecular weight is 228 g/mol. The Morgan fingerprint density at radius 3 is 2.53 bits per heavy atom. The Bertz CT molecular complexity index is 455. The molecule has 0 bridgehead atoms. The number of rotatable bonds is 3. The van der Waals surface area contributed by atoms with E-state index in [-0.39, 0.29) is 21.8 Å². The molecule has 1 N–H and O–H groups in total. The molecule has 0 aromatic heterocycles. The van der Waals surface area contributed by atoms with Crippen LogP contribution >= 0.6 is 11.6 Å². The van der Waals surface area contributed by atoms with E-state index in [0.717, 1.165) is 6.07 Å². The molecule has 0 atom stereocenters. The van der Waals surface area contributed by atoms with E-state index in [2.05, 4.69) is 6.58 Å². The van der Waals surface area contributed by atoms with Gasteiger partial charge in [-0.05, 0) is 17.7 Å². The van der Waals surface area contributed by atoms with Gasteiger partial charge >= 0.3 is 5.97 Å². The second-order valence-corrected chi connectivity index (χ2v) is 3.11. The van der Waals surface area contributed by atoms with Crippen molar-refractivity contribution in [1.82, 2.24) is 0 Å². The zero-order chi connectivity index (χ0) is 11.6. The van der Waals surface area contributed by atoms with Gasteiger partial charge in [0.2, 0.25) is 0 Å². The third-order valence-electron chi connectivity index (χ3n) is 1.75. The Morgan fingerprint density at radius 2 is 2.13 bits per heavy atom. The fraction of sp³-hybridized carbons (Fsp3) is 0. The predicted octanol–water partition coefficient (Wildman–Crippen LogP) is 2.35. The van der Waals surface area contributed by atoms with Crippen molar-refractivity contribution in [3.63, 3.8) is 0 Å². The first-order valence-corrected chi connectivity index (χ1v) is 4.18. The van der Waals surface area contributed by atoms with E-state index in [1.54, 1.807) is 0 Å². The molecule has 1 aromatic carbocycles. The maximum absolute atomic E-state index is 10.6. The predicted molar refractivity (Wildman–Crippen MR) is 54.8 cm³/mol. The molecule has 0 aliphatic rings. The van der Waals surface area contributed by atoms with Crippen molar-refractivity contribution in [2.75, 3.05) is 0 Å². The van der Waals surface area contributed by atoms with Gasteiger partial charge in [-0.15, -0.1) is 0 Å². The molecule has 1 aromatic rings. The van der Waals surface area contributed by atoms with E-state index in [1.807, 2.05) is 0 Å². The van der Waals surface area contributed by atoms with Gasteiger partial charge in [-0.25, -0.2) is 4.79 Å². The van der Waals surface area contributed by atoms with Crippen LogP contribution in [0.25, 0.3) is 5.57 Å². The zero-order valence-electron chi connectivity index (χ0n) is 7.44. The molecule has 1 rings (SSSR count). The van der Waals surface area contributed by atoms with Crippen LogP contribution in [-0.4, -0.2) is 16.0 Å². The van der Waals surface area contributed by atoms with Crippen molar-refractivity contribution in [3.05, 3.63) is 45.5 Å². The minimum atomic E-state index is -1.19. The number of hydrogen-bond acceptors (Lipinski definition) is 3. The highest BCUT2D eigenvalue weighted by molar-refractivity contribution is 6.33. The lowest BCUT2D eigenvalue weighted by Gasteiger charge is -2.01. The number of benzene rings is 1. The molecule has 5 nitrogen and oxygen atoms in total.